The lowest BCUT2D eigenvalue weighted by Crippen LogP contribution is -2.52. The van der Waals surface area contributed by atoms with Crippen LogP contribution in [0.3, 0.4) is 0 Å². The highest BCUT2D eigenvalue weighted by Gasteiger charge is 2.27. The third-order valence-electron chi connectivity index (χ3n) is 5.30. The van der Waals surface area contributed by atoms with E-state index < -0.39 is 0 Å². The van der Waals surface area contributed by atoms with Gasteiger partial charge in [0.15, 0.2) is 5.13 Å². The largest absolute Gasteiger partial charge is 0.496 e. The third kappa shape index (κ3) is 5.23. The van der Waals surface area contributed by atoms with Crippen LogP contribution < -0.4 is 9.64 Å². The maximum Gasteiger partial charge on any atom is 0.185 e. The molecule has 2 aromatic rings. The van der Waals surface area contributed by atoms with Gasteiger partial charge in [-0.1, -0.05) is 12.1 Å². The molecule has 28 heavy (non-hydrogen) atoms. The Hall–Kier alpha value is -1.67. The van der Waals surface area contributed by atoms with Crippen LogP contribution in [0.25, 0.3) is 0 Å². The molecule has 0 aliphatic carbocycles. The number of piperazine rings is 1. The minimum absolute atomic E-state index is 0.224. The Bertz CT molecular complexity index is 765. The number of anilines is 1. The van der Waals surface area contributed by atoms with Gasteiger partial charge >= 0.3 is 0 Å². The lowest BCUT2D eigenvalue weighted by molar-refractivity contribution is 0.0504. The highest BCUT2D eigenvalue weighted by atomic mass is 32.1. The highest BCUT2D eigenvalue weighted by molar-refractivity contribution is 7.15. The van der Waals surface area contributed by atoms with Gasteiger partial charge in [0.2, 0.25) is 0 Å². The molecule has 1 aliphatic rings. The zero-order chi connectivity index (χ0) is 20.1. The van der Waals surface area contributed by atoms with Gasteiger partial charge in [0, 0.05) is 70.5 Å². The normalized spacial score (nSPS) is 18.4. The summed E-state index contributed by atoms with van der Waals surface area (Å²) in [7, 11) is 5.77. The van der Waals surface area contributed by atoms with Crippen molar-refractivity contribution in [3.05, 3.63) is 40.4 Å². The Morgan fingerprint density at radius 3 is 2.75 bits per heavy atom. The van der Waals surface area contributed by atoms with E-state index in [9.17, 15) is 5.11 Å². The fourth-order valence-corrected chi connectivity index (χ4v) is 4.68. The maximum absolute atomic E-state index is 9.58. The molecule has 1 N–H and O–H groups in total. The molecular formula is C21H32N4O2S. The van der Waals surface area contributed by atoms with Crippen LogP contribution in [-0.4, -0.2) is 73.4 Å². The molecular weight excluding hydrogens is 372 g/mol. The first kappa shape index (κ1) is 21.0. The summed E-state index contributed by atoms with van der Waals surface area (Å²) in [5.74, 6) is 0.933. The predicted molar refractivity (Wildman–Crippen MR) is 115 cm³/mol. The minimum Gasteiger partial charge on any atom is -0.496 e. The Morgan fingerprint density at radius 1 is 1.29 bits per heavy atom. The summed E-state index contributed by atoms with van der Waals surface area (Å²) in [4.78, 5) is 12.8. The van der Waals surface area contributed by atoms with E-state index in [1.165, 1.54) is 16.0 Å². The monoisotopic (exact) mass is 404 g/mol. The van der Waals surface area contributed by atoms with E-state index in [4.69, 9.17) is 4.74 Å². The average molecular weight is 405 g/mol. The van der Waals surface area contributed by atoms with Crippen LogP contribution in [0.2, 0.25) is 0 Å². The van der Waals surface area contributed by atoms with Gasteiger partial charge in [0.05, 0.1) is 7.11 Å². The zero-order valence-corrected chi connectivity index (χ0v) is 18.2. The predicted octanol–water partition coefficient (Wildman–Crippen LogP) is 2.59. The summed E-state index contributed by atoms with van der Waals surface area (Å²) in [6.45, 7) is 7.17. The van der Waals surface area contributed by atoms with Gasteiger partial charge in [-0.25, -0.2) is 4.98 Å². The van der Waals surface area contributed by atoms with E-state index in [1.54, 1.807) is 18.4 Å². The van der Waals surface area contributed by atoms with Crippen LogP contribution in [0.1, 0.15) is 22.4 Å². The van der Waals surface area contributed by atoms with E-state index >= 15 is 0 Å². The molecule has 1 atom stereocenters. The number of hydrogen-bond donors (Lipinski definition) is 1. The summed E-state index contributed by atoms with van der Waals surface area (Å²) < 4.78 is 5.38. The van der Waals surface area contributed by atoms with Crippen molar-refractivity contribution in [3.63, 3.8) is 0 Å². The van der Waals surface area contributed by atoms with Gasteiger partial charge in [-0.15, -0.1) is 11.3 Å². The molecule has 6 nitrogen and oxygen atoms in total. The number of thiazole rings is 1. The number of benzene rings is 1. The standard InChI is InChI=1S/C21H32N4O2S/c1-16-11-17(5-6-20(16)27-4)13-25-9-8-24(14-18(25)7-10-26)15-19-12-22-21(28-19)23(2)3/h5-6,11-12,18,26H,7-10,13-15H2,1-4H3. The minimum atomic E-state index is 0.224. The number of aliphatic hydroxyl groups excluding tert-OH is 1. The summed E-state index contributed by atoms with van der Waals surface area (Å²) in [5, 5.41) is 10.6. The first-order valence-electron chi connectivity index (χ1n) is 9.83. The van der Waals surface area contributed by atoms with Crippen LogP contribution in [0.5, 0.6) is 5.75 Å². The second-order valence-electron chi connectivity index (χ2n) is 7.68. The second-order valence-corrected chi connectivity index (χ2v) is 8.77. The molecule has 1 unspecified atom stereocenters. The van der Waals surface area contributed by atoms with E-state index in [-0.39, 0.29) is 6.61 Å². The SMILES string of the molecule is COc1ccc(CN2CCN(Cc3cnc(N(C)C)s3)CC2CCO)cc1C. The van der Waals surface area contributed by atoms with Crippen molar-refractivity contribution in [2.45, 2.75) is 32.5 Å². The fraction of sp³-hybridized carbons (Fsp3) is 0.571. The van der Waals surface area contributed by atoms with Crippen LogP contribution >= 0.6 is 11.3 Å². The van der Waals surface area contributed by atoms with Gasteiger partial charge in [-0.3, -0.25) is 9.80 Å². The van der Waals surface area contributed by atoms with E-state index in [2.05, 4.69) is 38.7 Å². The van der Waals surface area contributed by atoms with Gasteiger partial charge in [-0.05, 0) is 30.5 Å². The van der Waals surface area contributed by atoms with Crippen LogP contribution in [0, 0.1) is 6.92 Å². The molecule has 2 heterocycles. The number of aryl methyl sites for hydroxylation is 1. The zero-order valence-electron chi connectivity index (χ0n) is 17.4. The van der Waals surface area contributed by atoms with E-state index in [1.807, 2.05) is 26.4 Å². The number of methoxy groups -OCH3 is 1. The van der Waals surface area contributed by atoms with Crippen molar-refractivity contribution >= 4 is 16.5 Å². The molecule has 0 spiro atoms. The lowest BCUT2D eigenvalue weighted by Gasteiger charge is -2.41. The molecule has 0 amide bonds. The van der Waals surface area contributed by atoms with Crippen molar-refractivity contribution in [1.82, 2.24) is 14.8 Å². The Kier molecular flexibility index (Phi) is 7.29. The number of aromatic nitrogens is 1. The van der Waals surface area contributed by atoms with Crippen molar-refractivity contribution in [3.8, 4) is 5.75 Å². The third-order valence-corrected chi connectivity index (χ3v) is 6.45. The Labute approximate surface area is 172 Å². The molecule has 1 aromatic heterocycles. The maximum atomic E-state index is 9.58. The summed E-state index contributed by atoms with van der Waals surface area (Å²) in [6.07, 6.45) is 2.80. The Balaban J connectivity index is 1.62. The molecule has 7 heteroatoms. The Morgan fingerprint density at radius 2 is 2.11 bits per heavy atom. The number of hydrogen-bond acceptors (Lipinski definition) is 7. The van der Waals surface area contributed by atoms with Gasteiger partial charge < -0.3 is 14.7 Å². The van der Waals surface area contributed by atoms with E-state index in [0.717, 1.165) is 50.0 Å². The molecule has 0 saturated carbocycles. The molecule has 1 aliphatic heterocycles. The van der Waals surface area contributed by atoms with Crippen molar-refractivity contribution < 1.29 is 9.84 Å². The number of nitrogens with zero attached hydrogens (tertiary/aromatic N) is 4. The first-order chi connectivity index (χ1) is 13.5. The topological polar surface area (TPSA) is 52.1 Å². The molecule has 1 saturated heterocycles. The van der Waals surface area contributed by atoms with Gasteiger partial charge in [-0.2, -0.15) is 0 Å². The van der Waals surface area contributed by atoms with Crippen molar-refractivity contribution in [1.29, 1.82) is 0 Å². The van der Waals surface area contributed by atoms with Crippen LogP contribution in [-0.2, 0) is 13.1 Å². The van der Waals surface area contributed by atoms with Crippen molar-refractivity contribution in [2.24, 2.45) is 0 Å². The molecule has 0 bridgehead atoms. The van der Waals surface area contributed by atoms with E-state index in [0.29, 0.717) is 6.04 Å². The second kappa shape index (κ2) is 9.69. The lowest BCUT2D eigenvalue weighted by atomic mass is 10.1. The average Bonchev–Trinajstić information content (AvgIpc) is 3.13. The van der Waals surface area contributed by atoms with Crippen LogP contribution in [0.15, 0.2) is 24.4 Å². The number of aliphatic hydroxyl groups is 1. The molecule has 1 fully saturated rings. The molecule has 1 aromatic carbocycles. The smallest absolute Gasteiger partial charge is 0.185 e. The number of rotatable bonds is 8. The van der Waals surface area contributed by atoms with Gasteiger partial charge in [0.25, 0.3) is 0 Å². The summed E-state index contributed by atoms with van der Waals surface area (Å²) >= 11 is 1.76. The quantitative estimate of drug-likeness (QED) is 0.730. The summed E-state index contributed by atoms with van der Waals surface area (Å²) in [6, 6.07) is 6.77. The fourth-order valence-electron chi connectivity index (χ4n) is 3.80. The molecule has 3 rings (SSSR count). The first-order valence-corrected chi connectivity index (χ1v) is 10.6. The highest BCUT2D eigenvalue weighted by Crippen LogP contribution is 2.25. The van der Waals surface area contributed by atoms with Gasteiger partial charge in [0.1, 0.15) is 5.75 Å². The summed E-state index contributed by atoms with van der Waals surface area (Å²) in [5.41, 5.74) is 2.46. The molecule has 0 radical (unpaired) electrons. The van der Waals surface area contributed by atoms with Crippen molar-refractivity contribution in [2.75, 3.05) is 52.3 Å². The number of ether oxygens (including phenoxy) is 1. The molecule has 154 valence electrons. The van der Waals surface area contributed by atoms with Crippen LogP contribution in [0.4, 0.5) is 5.13 Å².